The summed E-state index contributed by atoms with van der Waals surface area (Å²) in [6.45, 7) is 4.44. The van der Waals surface area contributed by atoms with Crippen molar-refractivity contribution in [1.82, 2.24) is 4.98 Å². The van der Waals surface area contributed by atoms with Gasteiger partial charge < -0.3 is 11.1 Å². The van der Waals surface area contributed by atoms with Crippen molar-refractivity contribution >= 4 is 11.7 Å². The molecule has 96 valence electrons. The summed E-state index contributed by atoms with van der Waals surface area (Å²) in [7, 11) is 0. The summed E-state index contributed by atoms with van der Waals surface area (Å²) < 4.78 is 0. The molecule has 1 amide bonds. The quantitative estimate of drug-likeness (QED) is 0.794. The molecule has 3 N–H and O–H groups in total. The van der Waals surface area contributed by atoms with E-state index in [9.17, 15) is 4.79 Å². The van der Waals surface area contributed by atoms with Crippen molar-refractivity contribution in [2.45, 2.75) is 26.7 Å². The molecular weight excluding hydrogens is 226 g/mol. The molecule has 0 saturated heterocycles. The van der Waals surface area contributed by atoms with Crippen LogP contribution < -0.4 is 11.1 Å². The molecule has 1 aromatic heterocycles. The van der Waals surface area contributed by atoms with Crippen molar-refractivity contribution in [3.63, 3.8) is 0 Å². The van der Waals surface area contributed by atoms with E-state index in [4.69, 9.17) is 5.73 Å². The number of nitrogens with zero attached hydrogens (tertiary/aromatic N) is 1. The lowest BCUT2D eigenvalue weighted by Gasteiger charge is -2.08. The summed E-state index contributed by atoms with van der Waals surface area (Å²) in [6.07, 6.45) is 3.12. The predicted octanol–water partition coefficient (Wildman–Crippen LogP) is 1.77. The van der Waals surface area contributed by atoms with Crippen molar-refractivity contribution in [3.05, 3.63) is 23.9 Å². The van der Waals surface area contributed by atoms with E-state index in [-0.39, 0.29) is 5.91 Å². The van der Waals surface area contributed by atoms with Crippen molar-refractivity contribution in [2.75, 3.05) is 11.9 Å². The summed E-state index contributed by atoms with van der Waals surface area (Å²) in [6, 6.07) is 3.53. The molecule has 4 heteroatoms. The molecule has 0 bridgehead atoms. The summed E-state index contributed by atoms with van der Waals surface area (Å²) in [4.78, 5) is 15.8. The smallest absolute Gasteiger partial charge is 0.225 e. The molecule has 0 spiro atoms. The molecule has 0 aliphatic rings. The second-order valence-electron chi connectivity index (χ2n) is 4.20. The second kappa shape index (κ2) is 7.46. The van der Waals surface area contributed by atoms with Gasteiger partial charge >= 0.3 is 0 Å². The number of pyridine rings is 1. The minimum Gasteiger partial charge on any atom is -0.320 e. The summed E-state index contributed by atoms with van der Waals surface area (Å²) in [5.41, 5.74) is 6.11. The van der Waals surface area contributed by atoms with Crippen LogP contribution in [0.15, 0.2) is 18.3 Å². The van der Waals surface area contributed by atoms with Crippen LogP contribution in [0.25, 0.3) is 0 Å². The highest BCUT2D eigenvalue weighted by molar-refractivity contribution is 5.90. The zero-order valence-corrected chi connectivity index (χ0v) is 10.9. The van der Waals surface area contributed by atoms with Crippen molar-refractivity contribution < 1.29 is 4.79 Å². The van der Waals surface area contributed by atoms with Crippen LogP contribution in [0.2, 0.25) is 0 Å². The molecule has 0 aliphatic carbocycles. The van der Waals surface area contributed by atoms with Crippen LogP contribution in [0.1, 0.15) is 32.3 Å². The number of carbonyl (C=O) groups excluding carboxylic acids is 1. The number of aromatic nitrogens is 1. The molecule has 1 rings (SSSR count). The van der Waals surface area contributed by atoms with Gasteiger partial charge in [0.1, 0.15) is 5.82 Å². The Balaban J connectivity index is 2.64. The van der Waals surface area contributed by atoms with Gasteiger partial charge in [-0.25, -0.2) is 4.98 Å². The Hall–Kier alpha value is -1.86. The van der Waals surface area contributed by atoms with Gasteiger partial charge in [-0.2, -0.15) is 0 Å². The van der Waals surface area contributed by atoms with Crippen LogP contribution in [0.3, 0.4) is 0 Å². The van der Waals surface area contributed by atoms with Crippen LogP contribution in [0.4, 0.5) is 5.82 Å². The molecular formula is C14H19N3O. The molecule has 1 heterocycles. The summed E-state index contributed by atoms with van der Waals surface area (Å²) in [5.74, 6) is 6.57. The summed E-state index contributed by atoms with van der Waals surface area (Å²) in [5, 5.41) is 2.77. The van der Waals surface area contributed by atoms with Gasteiger partial charge in [-0.1, -0.05) is 32.1 Å². The molecule has 1 aromatic rings. The topological polar surface area (TPSA) is 68.0 Å². The molecule has 1 atom stereocenters. The lowest BCUT2D eigenvalue weighted by Crippen LogP contribution is -2.15. The molecule has 0 fully saturated rings. The predicted molar refractivity (Wildman–Crippen MR) is 72.9 cm³/mol. The summed E-state index contributed by atoms with van der Waals surface area (Å²) >= 11 is 0. The first-order valence-electron chi connectivity index (χ1n) is 6.10. The zero-order chi connectivity index (χ0) is 13.4. The number of hydrogen-bond donors (Lipinski definition) is 2. The number of rotatable bonds is 4. The highest BCUT2D eigenvalue weighted by atomic mass is 16.1. The molecule has 0 saturated carbocycles. The standard InChI is InChI=1S/C14H19N3O/c1-3-11(2)9-14(18)17-13-10-12(5-4-7-15)6-8-16-13/h6,8,10-11H,3,7,9,15H2,1-2H3,(H,16,17,18). The monoisotopic (exact) mass is 245 g/mol. The van der Waals surface area contributed by atoms with Crippen LogP contribution in [0, 0.1) is 17.8 Å². The van der Waals surface area contributed by atoms with E-state index in [2.05, 4.69) is 36.0 Å². The fourth-order valence-electron chi connectivity index (χ4n) is 1.38. The molecule has 0 radical (unpaired) electrons. The first-order chi connectivity index (χ1) is 8.65. The van der Waals surface area contributed by atoms with Gasteiger partial charge in [-0.3, -0.25) is 4.79 Å². The van der Waals surface area contributed by atoms with Crippen LogP contribution >= 0.6 is 0 Å². The van der Waals surface area contributed by atoms with Crippen LogP contribution in [-0.4, -0.2) is 17.4 Å². The third-order valence-electron chi connectivity index (χ3n) is 2.59. The van der Waals surface area contributed by atoms with Crippen molar-refractivity contribution in [3.8, 4) is 11.8 Å². The van der Waals surface area contributed by atoms with E-state index in [1.165, 1.54) is 0 Å². The van der Waals surface area contributed by atoms with E-state index >= 15 is 0 Å². The maximum atomic E-state index is 11.7. The molecule has 1 unspecified atom stereocenters. The Kier molecular flexibility index (Phi) is 5.89. The SMILES string of the molecule is CCC(C)CC(=O)Nc1cc(C#CCN)ccn1. The van der Waals surface area contributed by atoms with Crippen LogP contribution in [-0.2, 0) is 4.79 Å². The highest BCUT2D eigenvalue weighted by Crippen LogP contribution is 2.10. The Labute approximate surface area is 108 Å². The largest absolute Gasteiger partial charge is 0.320 e. The molecule has 4 nitrogen and oxygen atoms in total. The number of amides is 1. The van der Waals surface area contributed by atoms with Gasteiger partial charge in [0.25, 0.3) is 0 Å². The normalized spacial score (nSPS) is 11.3. The van der Waals surface area contributed by atoms with Gasteiger partial charge in [-0.05, 0) is 18.1 Å². The number of nitrogens with one attached hydrogen (secondary N) is 1. The van der Waals surface area contributed by atoms with E-state index < -0.39 is 0 Å². The maximum absolute atomic E-state index is 11.7. The Bertz CT molecular complexity index is 460. The van der Waals surface area contributed by atoms with E-state index in [1.807, 2.05) is 0 Å². The van der Waals surface area contributed by atoms with Crippen LogP contribution in [0.5, 0.6) is 0 Å². The minimum absolute atomic E-state index is 0.0132. The van der Waals surface area contributed by atoms with Crippen molar-refractivity contribution in [1.29, 1.82) is 0 Å². The van der Waals surface area contributed by atoms with Gasteiger partial charge in [0.15, 0.2) is 0 Å². The Morgan fingerprint density at radius 3 is 3.06 bits per heavy atom. The first-order valence-corrected chi connectivity index (χ1v) is 6.10. The van der Waals surface area contributed by atoms with Gasteiger partial charge in [0.2, 0.25) is 5.91 Å². The fourth-order valence-corrected chi connectivity index (χ4v) is 1.38. The Morgan fingerprint density at radius 1 is 1.61 bits per heavy atom. The number of hydrogen-bond acceptors (Lipinski definition) is 3. The van der Waals surface area contributed by atoms with Crippen molar-refractivity contribution in [2.24, 2.45) is 11.7 Å². The molecule has 18 heavy (non-hydrogen) atoms. The fraction of sp³-hybridized carbons (Fsp3) is 0.429. The Morgan fingerprint density at radius 2 is 2.39 bits per heavy atom. The highest BCUT2D eigenvalue weighted by Gasteiger charge is 2.08. The first kappa shape index (κ1) is 14.2. The molecule has 0 aromatic carbocycles. The van der Waals surface area contributed by atoms with Gasteiger partial charge in [-0.15, -0.1) is 0 Å². The number of nitrogens with two attached hydrogens (primary N) is 1. The third kappa shape index (κ3) is 4.98. The van der Waals surface area contributed by atoms with E-state index in [0.29, 0.717) is 24.7 Å². The van der Waals surface area contributed by atoms with Gasteiger partial charge in [0.05, 0.1) is 6.54 Å². The minimum atomic E-state index is -0.0132. The van der Waals surface area contributed by atoms with E-state index in [1.54, 1.807) is 18.3 Å². The number of anilines is 1. The third-order valence-corrected chi connectivity index (χ3v) is 2.59. The van der Waals surface area contributed by atoms with E-state index in [0.717, 1.165) is 12.0 Å². The molecule has 0 aliphatic heterocycles. The second-order valence-corrected chi connectivity index (χ2v) is 4.20. The lowest BCUT2D eigenvalue weighted by atomic mass is 10.1. The zero-order valence-electron chi connectivity index (χ0n) is 10.9. The number of carbonyl (C=O) groups is 1. The lowest BCUT2D eigenvalue weighted by molar-refractivity contribution is -0.117. The average molecular weight is 245 g/mol. The van der Waals surface area contributed by atoms with Gasteiger partial charge in [0, 0.05) is 18.2 Å². The maximum Gasteiger partial charge on any atom is 0.225 e. The average Bonchev–Trinajstić information content (AvgIpc) is 2.36.